The lowest BCUT2D eigenvalue weighted by Crippen LogP contribution is -2.23. The quantitative estimate of drug-likeness (QED) is 0.384. The van der Waals surface area contributed by atoms with Crippen molar-refractivity contribution in [2.45, 2.75) is 25.0 Å². The summed E-state index contributed by atoms with van der Waals surface area (Å²) in [5, 5.41) is 7.31. The van der Waals surface area contributed by atoms with E-state index < -0.39 is 0 Å². The van der Waals surface area contributed by atoms with Gasteiger partial charge in [0.2, 0.25) is 0 Å². The van der Waals surface area contributed by atoms with Crippen LogP contribution in [-0.4, -0.2) is 50.9 Å². The minimum absolute atomic E-state index is 0.108. The molecule has 0 saturated heterocycles. The van der Waals surface area contributed by atoms with Crippen LogP contribution in [0.3, 0.4) is 0 Å². The molecule has 0 aliphatic carbocycles. The van der Waals surface area contributed by atoms with Gasteiger partial charge in [-0.3, -0.25) is 14.8 Å². The number of para-hydroxylation sites is 1. The number of aromatic nitrogens is 4. The van der Waals surface area contributed by atoms with E-state index in [1.165, 1.54) is 0 Å². The van der Waals surface area contributed by atoms with E-state index >= 15 is 0 Å². The Kier molecular flexibility index (Phi) is 7.37. The number of thioether (sulfide) groups is 1. The molecule has 0 fully saturated rings. The molecule has 2 atom stereocenters. The summed E-state index contributed by atoms with van der Waals surface area (Å²) in [7, 11) is 1.64. The summed E-state index contributed by atoms with van der Waals surface area (Å²) < 4.78 is 0. The third-order valence-electron chi connectivity index (χ3n) is 5.93. The van der Waals surface area contributed by atoms with Crippen LogP contribution < -0.4 is 10.6 Å². The lowest BCUT2D eigenvalue weighted by Gasteiger charge is -2.24. The molecule has 3 heterocycles. The first-order chi connectivity index (χ1) is 16.5. The second kappa shape index (κ2) is 10.6. The summed E-state index contributed by atoms with van der Waals surface area (Å²) in [4.78, 5) is 30.3. The third kappa shape index (κ3) is 5.02. The number of rotatable bonds is 8. The number of nitrogens with zero attached hydrogens (tertiary/aromatic N) is 4. The van der Waals surface area contributed by atoms with Crippen LogP contribution in [0.1, 0.15) is 34.5 Å². The maximum atomic E-state index is 12.3. The SMILES string of the molecule is CNC(=O)c1ccnc2c(C(C)C(CNc3cc(-c4cccc(C)n4)ncn3)SC)cccc12. The number of benzene rings is 1. The van der Waals surface area contributed by atoms with Gasteiger partial charge in [-0.05, 0) is 42.9 Å². The molecule has 174 valence electrons. The van der Waals surface area contributed by atoms with E-state index in [2.05, 4.69) is 49.8 Å². The summed E-state index contributed by atoms with van der Waals surface area (Å²) in [6.45, 7) is 4.88. The van der Waals surface area contributed by atoms with Crippen molar-refractivity contribution in [2.24, 2.45) is 0 Å². The Bertz CT molecular complexity index is 1310. The number of aryl methyl sites for hydroxylation is 1. The highest BCUT2D eigenvalue weighted by Gasteiger charge is 2.22. The number of nitrogens with one attached hydrogen (secondary N) is 2. The van der Waals surface area contributed by atoms with Gasteiger partial charge >= 0.3 is 0 Å². The van der Waals surface area contributed by atoms with Gasteiger partial charge in [0, 0.05) is 42.2 Å². The highest BCUT2D eigenvalue weighted by molar-refractivity contribution is 7.99. The zero-order valence-corrected chi connectivity index (χ0v) is 20.6. The number of amides is 1. The highest BCUT2D eigenvalue weighted by Crippen LogP contribution is 2.32. The zero-order valence-electron chi connectivity index (χ0n) is 19.7. The summed E-state index contributed by atoms with van der Waals surface area (Å²) in [5.74, 6) is 0.846. The van der Waals surface area contributed by atoms with Crippen molar-refractivity contribution in [1.82, 2.24) is 25.3 Å². The fourth-order valence-corrected chi connectivity index (χ4v) is 4.85. The fourth-order valence-electron chi connectivity index (χ4n) is 4.05. The van der Waals surface area contributed by atoms with Crippen molar-refractivity contribution in [3.05, 3.63) is 77.9 Å². The van der Waals surface area contributed by atoms with Crippen LogP contribution in [0.2, 0.25) is 0 Å². The van der Waals surface area contributed by atoms with Gasteiger partial charge in [-0.25, -0.2) is 9.97 Å². The van der Waals surface area contributed by atoms with Crippen LogP contribution in [-0.2, 0) is 0 Å². The molecule has 0 radical (unpaired) electrons. The van der Waals surface area contributed by atoms with E-state index in [-0.39, 0.29) is 17.1 Å². The molecule has 0 bridgehead atoms. The minimum atomic E-state index is -0.108. The number of pyridine rings is 2. The van der Waals surface area contributed by atoms with Crippen molar-refractivity contribution in [1.29, 1.82) is 0 Å². The van der Waals surface area contributed by atoms with E-state index in [1.807, 2.05) is 43.3 Å². The number of fused-ring (bicyclic) bond motifs is 1. The molecule has 2 unspecified atom stereocenters. The number of hydrogen-bond acceptors (Lipinski definition) is 7. The van der Waals surface area contributed by atoms with E-state index in [9.17, 15) is 4.79 Å². The van der Waals surface area contributed by atoms with Crippen molar-refractivity contribution >= 4 is 34.4 Å². The standard InChI is InChI=1S/C26H28N6OS/c1-16-7-5-10-21(32-16)22-13-24(31-15-30-22)29-14-23(34-4)17(2)18-8-6-9-19-20(26(33)27-3)11-12-28-25(18)19/h5-13,15,17,23H,14H2,1-4H3,(H,27,33)(H,29,30,31). The molecule has 0 spiro atoms. The molecule has 1 aromatic carbocycles. The van der Waals surface area contributed by atoms with Crippen LogP contribution >= 0.6 is 11.8 Å². The normalized spacial score (nSPS) is 12.8. The van der Waals surface area contributed by atoms with Gasteiger partial charge < -0.3 is 10.6 Å². The van der Waals surface area contributed by atoms with Gasteiger partial charge in [-0.2, -0.15) is 11.8 Å². The Morgan fingerprint density at radius 3 is 2.65 bits per heavy atom. The first kappa shape index (κ1) is 23.6. The average Bonchev–Trinajstić information content (AvgIpc) is 2.88. The molecule has 0 aliphatic heterocycles. The molecule has 1 amide bonds. The Morgan fingerprint density at radius 1 is 1.06 bits per heavy atom. The Hall–Kier alpha value is -3.52. The van der Waals surface area contributed by atoms with Crippen LogP contribution in [0, 0.1) is 6.92 Å². The molecule has 8 heteroatoms. The number of anilines is 1. The van der Waals surface area contributed by atoms with E-state index in [1.54, 1.807) is 37.4 Å². The molecule has 4 aromatic rings. The van der Waals surface area contributed by atoms with Crippen LogP contribution in [0.15, 0.2) is 61.1 Å². The lowest BCUT2D eigenvalue weighted by atomic mass is 9.93. The molecule has 0 saturated carbocycles. The minimum Gasteiger partial charge on any atom is -0.369 e. The molecular formula is C26H28N6OS. The largest absolute Gasteiger partial charge is 0.369 e. The highest BCUT2D eigenvalue weighted by atomic mass is 32.2. The zero-order chi connectivity index (χ0) is 24.1. The van der Waals surface area contributed by atoms with E-state index in [0.717, 1.165) is 39.4 Å². The first-order valence-corrected chi connectivity index (χ1v) is 12.4. The van der Waals surface area contributed by atoms with Crippen molar-refractivity contribution in [3.63, 3.8) is 0 Å². The Labute approximate surface area is 203 Å². The number of carbonyl (C=O) groups excluding carboxylic acids is 1. The molecule has 34 heavy (non-hydrogen) atoms. The molecular weight excluding hydrogens is 444 g/mol. The number of carbonyl (C=O) groups is 1. The second-order valence-corrected chi connectivity index (χ2v) is 9.15. The topological polar surface area (TPSA) is 92.7 Å². The van der Waals surface area contributed by atoms with Gasteiger partial charge in [0.1, 0.15) is 12.1 Å². The van der Waals surface area contributed by atoms with Gasteiger partial charge in [-0.1, -0.05) is 31.2 Å². The smallest absolute Gasteiger partial charge is 0.251 e. The first-order valence-electron chi connectivity index (χ1n) is 11.1. The Morgan fingerprint density at radius 2 is 1.88 bits per heavy atom. The molecule has 7 nitrogen and oxygen atoms in total. The summed E-state index contributed by atoms with van der Waals surface area (Å²) in [6.07, 6.45) is 5.38. The molecule has 3 aromatic heterocycles. The van der Waals surface area contributed by atoms with E-state index in [4.69, 9.17) is 0 Å². The lowest BCUT2D eigenvalue weighted by molar-refractivity contribution is 0.0964. The van der Waals surface area contributed by atoms with Crippen LogP contribution in [0.5, 0.6) is 0 Å². The summed E-state index contributed by atoms with van der Waals surface area (Å²) in [6, 6.07) is 15.6. The molecule has 0 aliphatic rings. The van der Waals surface area contributed by atoms with Gasteiger partial charge in [0.05, 0.1) is 22.5 Å². The van der Waals surface area contributed by atoms with Gasteiger partial charge in [0.25, 0.3) is 5.91 Å². The van der Waals surface area contributed by atoms with Crippen molar-refractivity contribution in [2.75, 3.05) is 25.2 Å². The predicted molar refractivity (Wildman–Crippen MR) is 139 cm³/mol. The number of hydrogen-bond donors (Lipinski definition) is 2. The maximum Gasteiger partial charge on any atom is 0.251 e. The maximum absolute atomic E-state index is 12.3. The predicted octanol–water partition coefficient (Wildman–Crippen LogP) is 4.70. The van der Waals surface area contributed by atoms with Crippen LogP contribution in [0.4, 0.5) is 5.82 Å². The third-order valence-corrected chi connectivity index (χ3v) is 7.11. The van der Waals surface area contributed by atoms with Crippen molar-refractivity contribution < 1.29 is 4.79 Å². The second-order valence-electron chi connectivity index (χ2n) is 8.08. The van der Waals surface area contributed by atoms with Crippen LogP contribution in [0.25, 0.3) is 22.3 Å². The van der Waals surface area contributed by atoms with E-state index in [0.29, 0.717) is 12.1 Å². The van der Waals surface area contributed by atoms with Gasteiger partial charge in [-0.15, -0.1) is 0 Å². The monoisotopic (exact) mass is 472 g/mol. The van der Waals surface area contributed by atoms with Crippen molar-refractivity contribution in [3.8, 4) is 11.4 Å². The van der Waals surface area contributed by atoms with Gasteiger partial charge in [0.15, 0.2) is 0 Å². The fraction of sp³-hybridized carbons (Fsp3) is 0.269. The Balaban J connectivity index is 1.55. The molecule has 2 N–H and O–H groups in total. The average molecular weight is 473 g/mol. The summed E-state index contributed by atoms with van der Waals surface area (Å²) in [5.41, 5.74) is 5.19. The summed E-state index contributed by atoms with van der Waals surface area (Å²) >= 11 is 1.79. The molecule has 4 rings (SSSR count).